The molecule has 0 aliphatic carbocycles. The number of hydrogen-bond acceptors (Lipinski definition) is 4. The highest BCUT2D eigenvalue weighted by Crippen LogP contribution is 2.26. The molecule has 0 saturated carbocycles. The number of aromatic nitrogens is 3. The van der Waals surface area contributed by atoms with Crippen LogP contribution in [-0.4, -0.2) is 28.2 Å². The van der Waals surface area contributed by atoms with E-state index < -0.39 is 0 Å². The lowest BCUT2D eigenvalue weighted by Gasteiger charge is -2.08. The molecule has 124 valence electrons. The first-order chi connectivity index (χ1) is 11.7. The number of aryl methyl sites for hydroxylation is 1. The van der Waals surface area contributed by atoms with Gasteiger partial charge in [-0.3, -0.25) is 5.10 Å². The third-order valence-electron chi connectivity index (χ3n) is 3.92. The van der Waals surface area contributed by atoms with Gasteiger partial charge in [0, 0.05) is 12.0 Å². The largest absolute Gasteiger partial charge is 0.496 e. The molecule has 3 aromatic rings. The first-order valence-electron chi connectivity index (χ1n) is 8.01. The molecule has 3 rings (SSSR count). The van der Waals surface area contributed by atoms with Gasteiger partial charge >= 0.3 is 0 Å². The summed E-state index contributed by atoms with van der Waals surface area (Å²) in [6.45, 7) is 2.15. The van der Waals surface area contributed by atoms with Crippen molar-refractivity contribution in [1.29, 1.82) is 0 Å². The minimum Gasteiger partial charge on any atom is -0.496 e. The summed E-state index contributed by atoms with van der Waals surface area (Å²) < 4.78 is 7.68. The Labute approximate surface area is 146 Å². The van der Waals surface area contributed by atoms with Crippen LogP contribution < -0.4 is 4.74 Å². The molecule has 1 N–H and O–H groups in total. The summed E-state index contributed by atoms with van der Waals surface area (Å²) in [5.41, 5.74) is 0.931. The minimum absolute atomic E-state index is 0.497. The Kier molecular flexibility index (Phi) is 5.05. The highest BCUT2D eigenvalue weighted by Gasteiger charge is 2.08. The third kappa shape index (κ3) is 3.23. The Morgan fingerprint density at radius 3 is 2.92 bits per heavy atom. The molecular weight excluding hydrogens is 320 g/mol. The fourth-order valence-corrected chi connectivity index (χ4v) is 2.84. The number of unbranched alkanes of at least 4 members (excludes halogenated alkanes) is 1. The maximum atomic E-state index is 5.50. The molecule has 2 aromatic carbocycles. The van der Waals surface area contributed by atoms with Crippen LogP contribution in [0.25, 0.3) is 10.8 Å². The standard InChI is InChI=1S/C18H20N4OS/c1-3-4-9-17-20-21-18(24)22(17)19-12-15-14-8-6-5-7-13(14)10-11-16(15)23-2/h5-8,10-12H,3-4,9H2,1-2H3,(H,21,24)/b19-12-. The number of methoxy groups -OCH3 is 1. The number of ether oxygens (including phenoxy) is 1. The summed E-state index contributed by atoms with van der Waals surface area (Å²) in [6, 6.07) is 12.2. The van der Waals surface area contributed by atoms with Gasteiger partial charge in [0.2, 0.25) is 4.77 Å². The lowest BCUT2D eigenvalue weighted by atomic mass is 10.0. The lowest BCUT2D eigenvalue weighted by molar-refractivity contribution is 0.415. The van der Waals surface area contributed by atoms with Gasteiger partial charge in [0.05, 0.1) is 13.3 Å². The number of nitrogens with zero attached hydrogens (tertiary/aromatic N) is 3. The van der Waals surface area contributed by atoms with E-state index in [0.717, 1.165) is 47.2 Å². The van der Waals surface area contributed by atoms with E-state index in [4.69, 9.17) is 17.0 Å². The van der Waals surface area contributed by atoms with E-state index in [1.165, 1.54) is 0 Å². The highest BCUT2D eigenvalue weighted by atomic mass is 32.1. The predicted octanol–water partition coefficient (Wildman–Crippen LogP) is 4.33. The molecule has 6 heteroatoms. The number of aromatic amines is 1. The Morgan fingerprint density at radius 2 is 2.12 bits per heavy atom. The quantitative estimate of drug-likeness (QED) is 0.537. The normalized spacial score (nSPS) is 11.4. The van der Waals surface area contributed by atoms with Crippen molar-refractivity contribution >= 4 is 29.2 Å². The van der Waals surface area contributed by atoms with Crippen LogP contribution in [0.3, 0.4) is 0 Å². The summed E-state index contributed by atoms with van der Waals surface area (Å²) in [7, 11) is 1.66. The molecule has 0 unspecified atom stereocenters. The van der Waals surface area contributed by atoms with Crippen LogP contribution in [0.5, 0.6) is 5.75 Å². The Bertz CT molecular complexity index is 926. The van der Waals surface area contributed by atoms with Crippen molar-refractivity contribution in [3.8, 4) is 5.75 Å². The number of H-pyrrole nitrogens is 1. The molecule has 0 atom stereocenters. The van der Waals surface area contributed by atoms with Gasteiger partial charge < -0.3 is 4.74 Å². The van der Waals surface area contributed by atoms with E-state index in [0.29, 0.717) is 4.77 Å². The summed E-state index contributed by atoms with van der Waals surface area (Å²) in [5, 5.41) is 13.9. The molecule has 24 heavy (non-hydrogen) atoms. The molecule has 0 saturated heterocycles. The topological polar surface area (TPSA) is 55.2 Å². The van der Waals surface area contributed by atoms with Crippen LogP contribution in [0.1, 0.15) is 31.2 Å². The van der Waals surface area contributed by atoms with Gasteiger partial charge in [-0.15, -0.1) is 0 Å². The fourth-order valence-electron chi connectivity index (χ4n) is 2.64. The molecule has 0 bridgehead atoms. The van der Waals surface area contributed by atoms with Gasteiger partial charge in [0.1, 0.15) is 5.75 Å². The Morgan fingerprint density at radius 1 is 1.29 bits per heavy atom. The minimum atomic E-state index is 0.497. The molecule has 0 aliphatic rings. The van der Waals surface area contributed by atoms with Crippen LogP contribution in [0.15, 0.2) is 41.5 Å². The first kappa shape index (κ1) is 16.4. The highest BCUT2D eigenvalue weighted by molar-refractivity contribution is 7.71. The Hall–Kier alpha value is -2.47. The van der Waals surface area contributed by atoms with Crippen molar-refractivity contribution < 1.29 is 4.74 Å². The predicted molar refractivity (Wildman–Crippen MR) is 99.5 cm³/mol. The van der Waals surface area contributed by atoms with E-state index in [2.05, 4.69) is 34.4 Å². The van der Waals surface area contributed by atoms with E-state index in [1.54, 1.807) is 18.0 Å². The van der Waals surface area contributed by atoms with Crippen molar-refractivity contribution in [2.24, 2.45) is 5.10 Å². The van der Waals surface area contributed by atoms with Gasteiger partial charge in [-0.05, 0) is 35.5 Å². The number of fused-ring (bicyclic) bond motifs is 1. The van der Waals surface area contributed by atoms with Gasteiger partial charge in [-0.1, -0.05) is 43.7 Å². The molecule has 0 amide bonds. The van der Waals surface area contributed by atoms with Crippen molar-refractivity contribution in [3.63, 3.8) is 0 Å². The third-order valence-corrected chi connectivity index (χ3v) is 4.19. The smallest absolute Gasteiger partial charge is 0.216 e. The van der Waals surface area contributed by atoms with Gasteiger partial charge in [-0.2, -0.15) is 14.9 Å². The maximum absolute atomic E-state index is 5.50. The number of nitrogens with one attached hydrogen (secondary N) is 1. The average Bonchev–Trinajstić information content (AvgIpc) is 2.97. The summed E-state index contributed by atoms with van der Waals surface area (Å²) in [4.78, 5) is 0. The zero-order valence-electron chi connectivity index (χ0n) is 13.8. The molecule has 5 nitrogen and oxygen atoms in total. The van der Waals surface area contributed by atoms with Crippen molar-refractivity contribution in [3.05, 3.63) is 52.6 Å². The summed E-state index contributed by atoms with van der Waals surface area (Å²) in [5.74, 6) is 1.62. The Balaban J connectivity index is 2.05. The number of benzene rings is 2. The maximum Gasteiger partial charge on any atom is 0.216 e. The van der Waals surface area contributed by atoms with Crippen molar-refractivity contribution in [2.45, 2.75) is 26.2 Å². The number of rotatable bonds is 6. The monoisotopic (exact) mass is 340 g/mol. The molecular formula is C18H20N4OS. The van der Waals surface area contributed by atoms with Crippen molar-refractivity contribution in [1.82, 2.24) is 14.9 Å². The second-order valence-electron chi connectivity index (χ2n) is 5.51. The van der Waals surface area contributed by atoms with Gasteiger partial charge in [-0.25, -0.2) is 0 Å². The molecule has 1 aromatic heterocycles. The molecule has 0 fully saturated rings. The van der Waals surface area contributed by atoms with Crippen LogP contribution in [-0.2, 0) is 6.42 Å². The number of hydrogen-bond donors (Lipinski definition) is 1. The average molecular weight is 340 g/mol. The van der Waals surface area contributed by atoms with E-state index in [-0.39, 0.29) is 0 Å². The second kappa shape index (κ2) is 7.40. The zero-order chi connectivity index (χ0) is 16.9. The van der Waals surface area contributed by atoms with E-state index in [1.807, 2.05) is 24.3 Å². The molecule has 0 radical (unpaired) electrons. The first-order valence-corrected chi connectivity index (χ1v) is 8.41. The summed E-state index contributed by atoms with van der Waals surface area (Å²) in [6.07, 6.45) is 4.78. The fraction of sp³-hybridized carbons (Fsp3) is 0.278. The summed E-state index contributed by atoms with van der Waals surface area (Å²) >= 11 is 5.30. The SMILES string of the molecule is CCCCc1n[nH]c(=S)n1/N=C\c1c(OC)ccc2ccccc12. The van der Waals surface area contributed by atoms with Crippen LogP contribution in [0.2, 0.25) is 0 Å². The van der Waals surface area contributed by atoms with Gasteiger partial charge in [0.15, 0.2) is 5.82 Å². The second-order valence-corrected chi connectivity index (χ2v) is 5.89. The van der Waals surface area contributed by atoms with Gasteiger partial charge in [0.25, 0.3) is 0 Å². The molecule has 0 spiro atoms. The van der Waals surface area contributed by atoms with Crippen LogP contribution in [0, 0.1) is 4.77 Å². The van der Waals surface area contributed by atoms with Crippen molar-refractivity contribution in [2.75, 3.05) is 7.11 Å². The zero-order valence-corrected chi connectivity index (χ0v) is 14.6. The van der Waals surface area contributed by atoms with Crippen LogP contribution in [0.4, 0.5) is 0 Å². The molecule has 0 aliphatic heterocycles. The van der Waals surface area contributed by atoms with E-state index >= 15 is 0 Å². The van der Waals surface area contributed by atoms with Crippen LogP contribution >= 0.6 is 12.2 Å². The van der Waals surface area contributed by atoms with E-state index in [9.17, 15) is 0 Å². The lowest BCUT2D eigenvalue weighted by Crippen LogP contribution is -2.00. The molecule has 1 heterocycles.